The van der Waals surface area contributed by atoms with Crippen molar-refractivity contribution >= 4 is 8.80 Å². The molecule has 0 radical (unpaired) electrons. The first kappa shape index (κ1) is 16.1. The lowest BCUT2D eigenvalue weighted by atomic mass is 10.1. The summed E-state index contributed by atoms with van der Waals surface area (Å²) in [6, 6.07) is 0. The van der Waals surface area contributed by atoms with Crippen molar-refractivity contribution in [2.24, 2.45) is 0 Å². The van der Waals surface area contributed by atoms with Gasteiger partial charge in [0, 0.05) is 21.3 Å². The molecule has 0 aliphatic heterocycles. The van der Waals surface area contributed by atoms with Crippen molar-refractivity contribution in [2.75, 3.05) is 21.3 Å². The molecule has 0 aromatic rings. The van der Waals surface area contributed by atoms with Crippen molar-refractivity contribution in [3.63, 3.8) is 0 Å². The van der Waals surface area contributed by atoms with Crippen LogP contribution in [0.1, 0.15) is 45.4 Å². The lowest BCUT2D eigenvalue weighted by Gasteiger charge is -2.28. The summed E-state index contributed by atoms with van der Waals surface area (Å²) in [4.78, 5) is 0. The Balaban J connectivity index is 3.88. The van der Waals surface area contributed by atoms with Crippen molar-refractivity contribution in [1.82, 2.24) is 0 Å². The Labute approximate surface area is 100 Å². The first-order valence-corrected chi connectivity index (χ1v) is 7.80. The minimum absolute atomic E-state index is 0.617. The van der Waals surface area contributed by atoms with E-state index >= 15 is 0 Å². The molecule has 4 nitrogen and oxygen atoms in total. The molecule has 0 fully saturated rings. The van der Waals surface area contributed by atoms with Crippen molar-refractivity contribution in [3.8, 4) is 0 Å². The number of aliphatic hydroxyl groups excluding tert-OH is 1. The maximum absolute atomic E-state index is 10.0. The topological polar surface area (TPSA) is 47.9 Å². The van der Waals surface area contributed by atoms with E-state index in [4.69, 9.17) is 13.3 Å². The molecular weight excluding hydrogens is 224 g/mol. The minimum Gasteiger partial charge on any atom is -0.389 e. The zero-order chi connectivity index (χ0) is 12.4. The molecule has 0 aliphatic carbocycles. The van der Waals surface area contributed by atoms with Gasteiger partial charge in [-0.25, -0.2) is 0 Å². The second-order valence-electron chi connectivity index (χ2n) is 3.93. The molecule has 0 aromatic carbocycles. The Hall–Kier alpha value is 0.0569. The van der Waals surface area contributed by atoms with Crippen LogP contribution in [-0.2, 0) is 13.3 Å². The molecule has 0 amide bonds. The highest BCUT2D eigenvalue weighted by atomic mass is 28.4. The third kappa shape index (κ3) is 4.93. The molecule has 0 saturated carbocycles. The Morgan fingerprint density at radius 1 is 0.938 bits per heavy atom. The van der Waals surface area contributed by atoms with Gasteiger partial charge in [-0.3, -0.25) is 0 Å². The summed E-state index contributed by atoms with van der Waals surface area (Å²) < 4.78 is 15.7. The average Bonchev–Trinajstić information content (AvgIpc) is 2.32. The molecule has 1 atom stereocenters. The molecule has 1 unspecified atom stereocenters. The van der Waals surface area contributed by atoms with Gasteiger partial charge >= 0.3 is 8.80 Å². The first-order chi connectivity index (χ1) is 7.66. The Morgan fingerprint density at radius 3 is 1.88 bits per heavy atom. The van der Waals surface area contributed by atoms with Crippen LogP contribution < -0.4 is 0 Å². The zero-order valence-electron chi connectivity index (χ0n) is 11.0. The molecule has 0 bridgehead atoms. The second-order valence-corrected chi connectivity index (χ2v) is 7.03. The van der Waals surface area contributed by atoms with E-state index in [1.54, 1.807) is 0 Å². The smallest absolute Gasteiger partial charge is 0.389 e. The van der Waals surface area contributed by atoms with Gasteiger partial charge in [0.15, 0.2) is 0 Å². The third-order valence-electron chi connectivity index (χ3n) is 2.84. The van der Waals surface area contributed by atoms with Crippen LogP contribution in [0.4, 0.5) is 0 Å². The fourth-order valence-electron chi connectivity index (χ4n) is 1.78. The van der Waals surface area contributed by atoms with Crippen LogP contribution in [0.25, 0.3) is 0 Å². The summed E-state index contributed by atoms with van der Waals surface area (Å²) in [5.41, 5.74) is -0.617. The number of hydrogen-bond donors (Lipinski definition) is 1. The van der Waals surface area contributed by atoms with Crippen LogP contribution in [0, 0.1) is 0 Å². The monoisotopic (exact) mass is 250 g/mol. The number of aliphatic hydroxyl groups is 1. The highest BCUT2D eigenvalue weighted by Crippen LogP contribution is 2.17. The predicted molar refractivity (Wildman–Crippen MR) is 66.2 cm³/mol. The molecule has 5 heteroatoms. The van der Waals surface area contributed by atoms with Crippen molar-refractivity contribution < 1.29 is 18.4 Å². The molecule has 0 spiro atoms. The van der Waals surface area contributed by atoms with E-state index in [-0.39, 0.29) is 0 Å². The van der Waals surface area contributed by atoms with Crippen LogP contribution in [0.5, 0.6) is 0 Å². The highest BCUT2D eigenvalue weighted by molar-refractivity contribution is 6.61. The van der Waals surface area contributed by atoms with E-state index in [1.165, 1.54) is 40.6 Å². The van der Waals surface area contributed by atoms with E-state index in [1.807, 2.05) is 0 Å². The van der Waals surface area contributed by atoms with Crippen molar-refractivity contribution in [2.45, 2.75) is 51.2 Å². The van der Waals surface area contributed by atoms with Gasteiger partial charge in [0.2, 0.25) is 0 Å². The van der Waals surface area contributed by atoms with Crippen LogP contribution in [0.3, 0.4) is 0 Å². The normalized spacial score (nSPS) is 14.1. The van der Waals surface area contributed by atoms with Crippen molar-refractivity contribution in [1.29, 1.82) is 0 Å². The van der Waals surface area contributed by atoms with Gasteiger partial charge in [-0.2, -0.15) is 0 Å². The van der Waals surface area contributed by atoms with E-state index < -0.39 is 14.5 Å². The van der Waals surface area contributed by atoms with Gasteiger partial charge in [0.05, 0.1) is 0 Å². The van der Waals surface area contributed by atoms with E-state index in [0.717, 1.165) is 12.8 Å². The number of hydrogen-bond acceptors (Lipinski definition) is 4. The summed E-state index contributed by atoms with van der Waals surface area (Å²) in [5.74, 6) is 0. The summed E-state index contributed by atoms with van der Waals surface area (Å²) >= 11 is 0. The summed E-state index contributed by atoms with van der Waals surface area (Å²) in [6.07, 6.45) is 6.54. The molecule has 98 valence electrons. The molecule has 16 heavy (non-hydrogen) atoms. The van der Waals surface area contributed by atoms with E-state index in [2.05, 4.69) is 6.92 Å². The van der Waals surface area contributed by atoms with Gasteiger partial charge in [-0.15, -0.1) is 0 Å². The second kappa shape index (κ2) is 9.12. The third-order valence-corrected chi connectivity index (χ3v) is 5.65. The largest absolute Gasteiger partial charge is 0.530 e. The van der Waals surface area contributed by atoms with Crippen LogP contribution in [0.15, 0.2) is 0 Å². The lowest BCUT2D eigenvalue weighted by Crippen LogP contribution is -2.54. The quantitative estimate of drug-likeness (QED) is 0.476. The van der Waals surface area contributed by atoms with Crippen LogP contribution in [0.2, 0.25) is 0 Å². The van der Waals surface area contributed by atoms with Gasteiger partial charge < -0.3 is 18.4 Å². The summed E-state index contributed by atoms with van der Waals surface area (Å²) in [7, 11) is 1.75. The highest BCUT2D eigenvalue weighted by Gasteiger charge is 2.46. The van der Waals surface area contributed by atoms with Gasteiger partial charge in [0.1, 0.15) is 5.73 Å². The number of unbranched alkanes of at least 4 members (excludes halogenated alkanes) is 4. The van der Waals surface area contributed by atoms with Crippen molar-refractivity contribution in [3.05, 3.63) is 0 Å². The van der Waals surface area contributed by atoms with Crippen LogP contribution in [-0.4, -0.2) is 41.0 Å². The number of rotatable bonds is 10. The Kier molecular flexibility index (Phi) is 9.16. The molecule has 1 N–H and O–H groups in total. The molecule has 0 saturated heterocycles. The van der Waals surface area contributed by atoms with Crippen LogP contribution >= 0.6 is 0 Å². The first-order valence-electron chi connectivity index (χ1n) is 6.00. The summed E-state index contributed by atoms with van der Waals surface area (Å²) in [6.45, 7) is 2.19. The Morgan fingerprint density at radius 2 is 1.44 bits per heavy atom. The van der Waals surface area contributed by atoms with Gasteiger partial charge in [-0.05, 0) is 6.42 Å². The average molecular weight is 250 g/mol. The Bertz CT molecular complexity index is 154. The van der Waals surface area contributed by atoms with Gasteiger partial charge in [0.25, 0.3) is 0 Å². The lowest BCUT2D eigenvalue weighted by molar-refractivity contribution is 0.0544. The molecular formula is C11H26O4Si. The minimum atomic E-state index is -2.83. The summed E-state index contributed by atoms with van der Waals surface area (Å²) in [5, 5.41) is 10.0. The van der Waals surface area contributed by atoms with Gasteiger partial charge in [-0.1, -0.05) is 39.0 Å². The zero-order valence-corrected chi connectivity index (χ0v) is 12.0. The molecule has 0 heterocycles. The fraction of sp³-hybridized carbons (Fsp3) is 1.00. The standard InChI is InChI=1S/C11H26O4Si/c1-5-6-7-8-9-10-11(12)16(13-2,14-3)15-4/h11-12H,5-10H2,1-4H3. The maximum Gasteiger partial charge on any atom is 0.530 e. The SMILES string of the molecule is CCCCCCCC(O)[Si](OC)(OC)OC. The molecule has 0 aromatic heterocycles. The van der Waals surface area contributed by atoms with E-state index in [0.29, 0.717) is 6.42 Å². The predicted octanol–water partition coefficient (Wildman–Crippen LogP) is 2.13. The molecule has 0 aliphatic rings. The molecule has 0 rings (SSSR count). The van der Waals surface area contributed by atoms with E-state index in [9.17, 15) is 5.11 Å². The fourth-order valence-corrected chi connectivity index (χ4v) is 3.65. The maximum atomic E-state index is 10.0.